The Labute approximate surface area is 115 Å². The number of rotatable bonds is 3. The first-order chi connectivity index (χ1) is 8.06. The standard InChI is InChI=1S/C12H10Br2FNO/c1-7-2-3-10(15)11(4-7)16-6-8-5-9(13)12(14)17-8/h2-5,16H,6H2,1H3. The third-order valence-electron chi connectivity index (χ3n) is 2.27. The van der Waals surface area contributed by atoms with E-state index in [2.05, 4.69) is 37.2 Å². The van der Waals surface area contributed by atoms with E-state index >= 15 is 0 Å². The zero-order valence-electron chi connectivity index (χ0n) is 9.06. The smallest absolute Gasteiger partial charge is 0.183 e. The van der Waals surface area contributed by atoms with Crippen molar-refractivity contribution in [3.8, 4) is 0 Å². The highest BCUT2D eigenvalue weighted by Gasteiger charge is 2.07. The molecule has 0 fully saturated rings. The Balaban J connectivity index is 2.09. The molecule has 1 heterocycles. The van der Waals surface area contributed by atoms with Crippen LogP contribution in [-0.4, -0.2) is 0 Å². The molecule has 90 valence electrons. The van der Waals surface area contributed by atoms with Gasteiger partial charge >= 0.3 is 0 Å². The van der Waals surface area contributed by atoms with Crippen molar-refractivity contribution in [2.24, 2.45) is 0 Å². The van der Waals surface area contributed by atoms with E-state index in [-0.39, 0.29) is 5.82 Å². The lowest BCUT2D eigenvalue weighted by Gasteiger charge is -2.06. The maximum atomic E-state index is 13.4. The first-order valence-electron chi connectivity index (χ1n) is 5.00. The summed E-state index contributed by atoms with van der Waals surface area (Å²) in [6.07, 6.45) is 0. The minimum absolute atomic E-state index is 0.264. The molecule has 1 aromatic heterocycles. The van der Waals surface area contributed by atoms with Gasteiger partial charge in [0.05, 0.1) is 16.7 Å². The average molecular weight is 363 g/mol. The van der Waals surface area contributed by atoms with Crippen LogP contribution in [0.4, 0.5) is 10.1 Å². The minimum Gasteiger partial charge on any atom is -0.451 e. The highest BCUT2D eigenvalue weighted by atomic mass is 79.9. The zero-order chi connectivity index (χ0) is 12.4. The van der Waals surface area contributed by atoms with Crippen LogP contribution in [0.3, 0.4) is 0 Å². The van der Waals surface area contributed by atoms with E-state index in [1.807, 2.05) is 13.0 Å². The van der Waals surface area contributed by atoms with Gasteiger partial charge in [-0.2, -0.15) is 0 Å². The van der Waals surface area contributed by atoms with Gasteiger partial charge < -0.3 is 9.73 Å². The Morgan fingerprint density at radius 3 is 2.71 bits per heavy atom. The van der Waals surface area contributed by atoms with E-state index in [9.17, 15) is 4.39 Å². The fraction of sp³-hybridized carbons (Fsp3) is 0.167. The molecule has 0 saturated heterocycles. The van der Waals surface area contributed by atoms with Crippen molar-refractivity contribution in [1.82, 2.24) is 0 Å². The highest BCUT2D eigenvalue weighted by Crippen LogP contribution is 2.27. The van der Waals surface area contributed by atoms with Crippen LogP contribution in [0.5, 0.6) is 0 Å². The van der Waals surface area contributed by atoms with Crippen LogP contribution in [0.2, 0.25) is 0 Å². The number of hydrogen-bond donors (Lipinski definition) is 1. The predicted molar refractivity (Wildman–Crippen MR) is 72.6 cm³/mol. The van der Waals surface area contributed by atoms with E-state index in [4.69, 9.17) is 4.42 Å². The van der Waals surface area contributed by atoms with E-state index in [0.29, 0.717) is 16.9 Å². The van der Waals surface area contributed by atoms with Gasteiger partial charge in [-0.05, 0) is 62.5 Å². The summed E-state index contributed by atoms with van der Waals surface area (Å²) in [6, 6.07) is 6.79. The third kappa shape index (κ3) is 3.10. The lowest BCUT2D eigenvalue weighted by molar-refractivity contribution is 0.493. The Bertz CT molecular complexity index is 520. The summed E-state index contributed by atoms with van der Waals surface area (Å²) in [7, 11) is 0. The molecule has 0 aliphatic rings. The molecular weight excluding hydrogens is 353 g/mol. The Morgan fingerprint density at radius 1 is 1.29 bits per heavy atom. The molecule has 2 rings (SSSR count). The number of furan rings is 1. The normalized spacial score (nSPS) is 10.6. The molecule has 0 unspecified atom stereocenters. The van der Waals surface area contributed by atoms with Crippen LogP contribution in [0, 0.1) is 12.7 Å². The summed E-state index contributed by atoms with van der Waals surface area (Å²) in [5.74, 6) is 0.463. The van der Waals surface area contributed by atoms with Gasteiger partial charge in [-0.15, -0.1) is 0 Å². The molecule has 2 aromatic rings. The monoisotopic (exact) mass is 361 g/mol. The molecule has 0 aliphatic carbocycles. The molecule has 1 N–H and O–H groups in total. The molecule has 0 atom stereocenters. The van der Waals surface area contributed by atoms with Gasteiger partial charge in [-0.25, -0.2) is 4.39 Å². The SMILES string of the molecule is Cc1ccc(F)c(NCc2cc(Br)c(Br)o2)c1. The van der Waals surface area contributed by atoms with Crippen LogP contribution in [-0.2, 0) is 6.54 Å². The molecular formula is C12H10Br2FNO. The quantitative estimate of drug-likeness (QED) is 0.843. The van der Waals surface area contributed by atoms with Gasteiger partial charge in [-0.1, -0.05) is 6.07 Å². The maximum Gasteiger partial charge on any atom is 0.183 e. The predicted octanol–water partition coefficient (Wildman–Crippen LogP) is 4.86. The summed E-state index contributed by atoms with van der Waals surface area (Å²) >= 11 is 6.58. The van der Waals surface area contributed by atoms with Crippen LogP contribution >= 0.6 is 31.9 Å². The topological polar surface area (TPSA) is 25.2 Å². The summed E-state index contributed by atoms with van der Waals surface area (Å²) in [5.41, 5.74) is 1.49. The zero-order valence-corrected chi connectivity index (χ0v) is 12.2. The Kier molecular flexibility index (Phi) is 3.89. The molecule has 0 spiro atoms. The fourth-order valence-electron chi connectivity index (χ4n) is 1.44. The van der Waals surface area contributed by atoms with Gasteiger partial charge in [0.1, 0.15) is 11.6 Å². The molecule has 0 amide bonds. The van der Waals surface area contributed by atoms with Crippen molar-refractivity contribution in [1.29, 1.82) is 0 Å². The molecule has 17 heavy (non-hydrogen) atoms. The molecule has 0 saturated carbocycles. The highest BCUT2D eigenvalue weighted by molar-refractivity contribution is 9.13. The number of aryl methyl sites for hydroxylation is 1. The number of nitrogens with one attached hydrogen (secondary N) is 1. The van der Waals surface area contributed by atoms with Crippen molar-refractivity contribution < 1.29 is 8.81 Å². The number of halogens is 3. The second kappa shape index (κ2) is 5.23. The van der Waals surface area contributed by atoms with Crippen molar-refractivity contribution in [3.05, 3.63) is 50.5 Å². The minimum atomic E-state index is -0.264. The van der Waals surface area contributed by atoms with Crippen LogP contribution in [0.15, 0.2) is 37.8 Å². The van der Waals surface area contributed by atoms with Crippen LogP contribution < -0.4 is 5.32 Å². The first kappa shape index (κ1) is 12.6. The van der Waals surface area contributed by atoms with Gasteiger partial charge in [0.15, 0.2) is 4.67 Å². The summed E-state index contributed by atoms with van der Waals surface area (Å²) in [5, 5.41) is 3.00. The average Bonchev–Trinajstić information content (AvgIpc) is 2.60. The van der Waals surface area contributed by atoms with Crippen molar-refractivity contribution in [3.63, 3.8) is 0 Å². The van der Waals surface area contributed by atoms with Crippen molar-refractivity contribution in [2.45, 2.75) is 13.5 Å². The molecule has 0 bridgehead atoms. The second-order valence-corrected chi connectivity index (χ2v) is 5.25. The largest absolute Gasteiger partial charge is 0.451 e. The molecule has 0 radical (unpaired) electrons. The summed E-state index contributed by atoms with van der Waals surface area (Å²) in [6.45, 7) is 2.36. The summed E-state index contributed by atoms with van der Waals surface area (Å²) < 4.78 is 20.3. The third-order valence-corrected chi connectivity index (χ3v) is 3.98. The van der Waals surface area contributed by atoms with E-state index in [0.717, 1.165) is 15.8 Å². The summed E-state index contributed by atoms with van der Waals surface area (Å²) in [4.78, 5) is 0. The van der Waals surface area contributed by atoms with E-state index < -0.39 is 0 Å². The van der Waals surface area contributed by atoms with Crippen molar-refractivity contribution >= 4 is 37.5 Å². The second-order valence-electron chi connectivity index (χ2n) is 3.67. The lowest BCUT2D eigenvalue weighted by Crippen LogP contribution is -2.00. The molecule has 1 aromatic carbocycles. The Morgan fingerprint density at radius 2 is 2.06 bits per heavy atom. The number of hydrogen-bond acceptors (Lipinski definition) is 2. The molecule has 0 aliphatic heterocycles. The van der Waals surface area contributed by atoms with Crippen molar-refractivity contribution in [2.75, 3.05) is 5.32 Å². The first-order valence-corrected chi connectivity index (χ1v) is 6.58. The Hall–Kier alpha value is -0.810. The van der Waals surface area contributed by atoms with E-state index in [1.54, 1.807) is 12.1 Å². The lowest BCUT2D eigenvalue weighted by atomic mass is 10.2. The molecule has 5 heteroatoms. The number of benzene rings is 1. The van der Waals surface area contributed by atoms with E-state index in [1.165, 1.54) is 6.07 Å². The number of anilines is 1. The fourth-order valence-corrected chi connectivity index (χ4v) is 2.09. The van der Waals surface area contributed by atoms with Crippen LogP contribution in [0.1, 0.15) is 11.3 Å². The van der Waals surface area contributed by atoms with Gasteiger partial charge in [0.2, 0.25) is 0 Å². The van der Waals surface area contributed by atoms with Gasteiger partial charge in [-0.3, -0.25) is 0 Å². The van der Waals surface area contributed by atoms with Gasteiger partial charge in [0, 0.05) is 0 Å². The van der Waals surface area contributed by atoms with Crippen LogP contribution in [0.25, 0.3) is 0 Å². The van der Waals surface area contributed by atoms with Gasteiger partial charge in [0.25, 0.3) is 0 Å². The molecule has 2 nitrogen and oxygen atoms in total. The maximum absolute atomic E-state index is 13.4.